The third kappa shape index (κ3) is 16.6. The summed E-state index contributed by atoms with van der Waals surface area (Å²) in [6, 6.07) is 22.4. The van der Waals surface area contributed by atoms with Crippen molar-refractivity contribution in [3.05, 3.63) is 102 Å². The number of hydrogen-bond donors (Lipinski definition) is 4. The van der Waals surface area contributed by atoms with Crippen LogP contribution in [0.3, 0.4) is 0 Å². The lowest BCUT2D eigenvalue weighted by Gasteiger charge is -2.19. The zero-order valence-electron chi connectivity index (χ0n) is 35.0. The molecule has 0 aliphatic rings. The molecule has 1 unspecified atom stereocenters. The van der Waals surface area contributed by atoms with E-state index in [1.807, 2.05) is 92.8 Å². The lowest BCUT2D eigenvalue weighted by molar-refractivity contribution is -0.138. The number of aromatic nitrogens is 4. The van der Waals surface area contributed by atoms with Crippen molar-refractivity contribution in [2.24, 2.45) is 0 Å². The van der Waals surface area contributed by atoms with Gasteiger partial charge in [0.25, 0.3) is 0 Å². The van der Waals surface area contributed by atoms with Crippen molar-refractivity contribution in [3.8, 4) is 16.9 Å². The zero-order chi connectivity index (χ0) is 43.1. The number of carboxylic acids is 1. The van der Waals surface area contributed by atoms with E-state index in [2.05, 4.69) is 31.2 Å². The van der Waals surface area contributed by atoms with Gasteiger partial charge in [0, 0.05) is 30.7 Å². The van der Waals surface area contributed by atoms with Crippen LogP contribution in [0.1, 0.15) is 48.5 Å². The van der Waals surface area contributed by atoms with Crippen LogP contribution in [0.5, 0.6) is 5.75 Å². The number of pyridine rings is 1. The van der Waals surface area contributed by atoms with Crippen molar-refractivity contribution in [1.29, 1.82) is 0 Å². The zero-order valence-corrected chi connectivity index (χ0v) is 35.0. The second kappa shape index (κ2) is 25.6. The highest BCUT2D eigenvalue weighted by Crippen LogP contribution is 2.35. The second-order valence-electron chi connectivity index (χ2n) is 14.3. The van der Waals surface area contributed by atoms with Crippen LogP contribution in [0, 0.1) is 13.8 Å². The summed E-state index contributed by atoms with van der Waals surface area (Å²) in [5.74, 6) is -0.249. The van der Waals surface area contributed by atoms with Gasteiger partial charge in [-0.1, -0.05) is 59.8 Å². The van der Waals surface area contributed by atoms with Gasteiger partial charge in [-0.05, 0) is 72.5 Å². The quantitative estimate of drug-likeness (QED) is 0.0454. The molecule has 3 aromatic carbocycles. The molecule has 2 aromatic heterocycles. The summed E-state index contributed by atoms with van der Waals surface area (Å²) in [5, 5.41) is 28.1. The van der Waals surface area contributed by atoms with E-state index in [-0.39, 0.29) is 25.3 Å². The van der Waals surface area contributed by atoms with Crippen molar-refractivity contribution in [2.45, 2.75) is 52.1 Å². The summed E-state index contributed by atoms with van der Waals surface area (Å²) in [6.07, 6.45) is 4.97. The Morgan fingerprint density at radius 1 is 0.770 bits per heavy atom. The van der Waals surface area contributed by atoms with Crippen molar-refractivity contribution in [2.75, 3.05) is 77.9 Å². The van der Waals surface area contributed by atoms with Gasteiger partial charge in [-0.2, -0.15) is 0 Å². The van der Waals surface area contributed by atoms with Gasteiger partial charge in [0.1, 0.15) is 18.2 Å². The molecule has 326 valence electrons. The van der Waals surface area contributed by atoms with E-state index in [4.69, 9.17) is 23.7 Å². The minimum Gasteiger partial charge on any atom is -0.491 e. The van der Waals surface area contributed by atoms with Crippen LogP contribution in [0.15, 0.2) is 85.2 Å². The molecule has 0 aliphatic carbocycles. The summed E-state index contributed by atoms with van der Waals surface area (Å²) in [7, 11) is 0. The number of unbranched alkanes of at least 4 members (excludes halogenated alkanes) is 1. The molecule has 0 saturated heterocycles. The topological polar surface area (TPSA) is 197 Å². The standard InChI is InChI=1S/C45H57N7O9/c1-33-16-18-47-42(29-33)46-17-6-5-9-43(53)48-31-44(54)49-40(30-45(55)56)36-12-10-35(11-13-36)37-14-15-41(39-8-4-3-7-38(37)39)61-28-27-60-26-25-59-24-23-58-22-21-57-20-19-52-32-34(2)50-51-52/h3-4,7-8,10-16,18,29,32,40H,5-6,9,17,19-28,30-31H2,1-2H3,(H,46,47)(H,48,53)(H,49,54)(H,55,56). The molecule has 5 aromatic rings. The van der Waals surface area contributed by atoms with Gasteiger partial charge in [-0.25, -0.2) is 9.67 Å². The van der Waals surface area contributed by atoms with Gasteiger partial charge in [-0.15, -0.1) is 5.10 Å². The number of nitrogens with zero attached hydrogens (tertiary/aromatic N) is 4. The molecule has 61 heavy (non-hydrogen) atoms. The Morgan fingerprint density at radius 3 is 2.13 bits per heavy atom. The Bertz CT molecular complexity index is 2110. The predicted octanol–water partition coefficient (Wildman–Crippen LogP) is 5.29. The highest BCUT2D eigenvalue weighted by molar-refractivity contribution is 6.00. The van der Waals surface area contributed by atoms with Crippen LogP contribution in [-0.4, -0.2) is 115 Å². The fourth-order valence-corrected chi connectivity index (χ4v) is 6.38. The largest absolute Gasteiger partial charge is 0.491 e. The summed E-state index contributed by atoms with van der Waals surface area (Å²) in [6.45, 7) is 9.09. The Balaban J connectivity index is 0.986. The number of amides is 2. The van der Waals surface area contributed by atoms with E-state index in [0.717, 1.165) is 51.1 Å². The number of ether oxygens (including phenoxy) is 5. The van der Waals surface area contributed by atoms with Crippen LogP contribution in [0.25, 0.3) is 21.9 Å². The lowest BCUT2D eigenvalue weighted by Crippen LogP contribution is -2.39. The molecule has 0 aliphatic heterocycles. The fourth-order valence-electron chi connectivity index (χ4n) is 6.38. The first-order chi connectivity index (χ1) is 29.7. The molecular formula is C45H57N7O9. The number of aryl methyl sites for hydroxylation is 2. The first kappa shape index (κ1) is 46.1. The molecule has 1 atom stereocenters. The number of carbonyl (C=O) groups is 3. The van der Waals surface area contributed by atoms with Gasteiger partial charge in [0.05, 0.1) is 84.1 Å². The van der Waals surface area contributed by atoms with Gasteiger partial charge in [0.2, 0.25) is 11.8 Å². The average molecular weight is 840 g/mol. The molecule has 0 bridgehead atoms. The van der Waals surface area contributed by atoms with E-state index in [1.165, 1.54) is 0 Å². The number of rotatable bonds is 29. The fraction of sp³-hybridized carbons (Fsp3) is 0.422. The minimum atomic E-state index is -1.06. The van der Waals surface area contributed by atoms with E-state index in [0.29, 0.717) is 84.5 Å². The third-order valence-electron chi connectivity index (χ3n) is 9.44. The van der Waals surface area contributed by atoms with Crippen molar-refractivity contribution in [3.63, 3.8) is 0 Å². The number of benzene rings is 3. The first-order valence-electron chi connectivity index (χ1n) is 20.6. The Hall–Kier alpha value is -5.94. The third-order valence-corrected chi connectivity index (χ3v) is 9.44. The molecule has 2 heterocycles. The molecule has 5 rings (SSSR count). The Labute approximate surface area is 356 Å². The van der Waals surface area contributed by atoms with Crippen LogP contribution in [-0.2, 0) is 39.9 Å². The number of carboxylic acid groups (broad SMARTS) is 1. The highest BCUT2D eigenvalue weighted by atomic mass is 16.6. The molecule has 0 radical (unpaired) electrons. The Kier molecular flexibility index (Phi) is 19.4. The van der Waals surface area contributed by atoms with Gasteiger partial charge in [-0.3, -0.25) is 14.4 Å². The lowest BCUT2D eigenvalue weighted by atomic mass is 9.95. The monoisotopic (exact) mass is 839 g/mol. The minimum absolute atomic E-state index is 0.246. The van der Waals surface area contributed by atoms with Crippen molar-refractivity contribution >= 4 is 34.4 Å². The molecule has 16 nitrogen and oxygen atoms in total. The predicted molar refractivity (Wildman–Crippen MR) is 230 cm³/mol. The molecule has 0 saturated carbocycles. The number of hydrogen-bond acceptors (Lipinski definition) is 12. The molecular weight excluding hydrogens is 783 g/mol. The SMILES string of the molecule is Cc1ccnc(NCCCCC(=O)NCC(=O)NC(CC(=O)O)c2ccc(-c3ccc(OCCOCCOCCOCCOCCn4cc(C)nn4)c4ccccc34)cc2)c1. The van der Waals surface area contributed by atoms with E-state index in [9.17, 15) is 19.5 Å². The Morgan fingerprint density at radius 2 is 1.46 bits per heavy atom. The summed E-state index contributed by atoms with van der Waals surface area (Å²) < 4.78 is 30.2. The van der Waals surface area contributed by atoms with E-state index >= 15 is 0 Å². The number of nitrogens with one attached hydrogen (secondary N) is 3. The summed E-state index contributed by atoms with van der Waals surface area (Å²) in [5.41, 5.74) is 4.52. The number of carbonyl (C=O) groups excluding carboxylic acids is 2. The first-order valence-corrected chi connectivity index (χ1v) is 20.6. The highest BCUT2D eigenvalue weighted by Gasteiger charge is 2.19. The second-order valence-corrected chi connectivity index (χ2v) is 14.3. The maximum Gasteiger partial charge on any atom is 0.305 e. The average Bonchev–Trinajstić information content (AvgIpc) is 3.68. The summed E-state index contributed by atoms with van der Waals surface area (Å²) in [4.78, 5) is 41.2. The van der Waals surface area contributed by atoms with Gasteiger partial charge in [0.15, 0.2) is 0 Å². The molecule has 0 fully saturated rings. The van der Waals surface area contributed by atoms with Crippen molar-refractivity contribution in [1.82, 2.24) is 30.6 Å². The smallest absolute Gasteiger partial charge is 0.305 e. The number of aliphatic carboxylic acids is 1. The maximum atomic E-state index is 12.8. The van der Waals surface area contributed by atoms with Crippen LogP contribution in [0.2, 0.25) is 0 Å². The summed E-state index contributed by atoms with van der Waals surface area (Å²) >= 11 is 0. The van der Waals surface area contributed by atoms with Crippen LogP contribution in [0.4, 0.5) is 5.82 Å². The van der Waals surface area contributed by atoms with Crippen molar-refractivity contribution < 1.29 is 43.2 Å². The van der Waals surface area contributed by atoms with Gasteiger partial charge >= 0.3 is 5.97 Å². The van der Waals surface area contributed by atoms with E-state index < -0.39 is 17.9 Å². The molecule has 0 spiro atoms. The van der Waals surface area contributed by atoms with Gasteiger partial charge < -0.3 is 44.7 Å². The number of fused-ring (bicyclic) bond motifs is 1. The maximum absolute atomic E-state index is 12.8. The number of anilines is 1. The van der Waals surface area contributed by atoms with E-state index in [1.54, 1.807) is 10.9 Å². The van der Waals surface area contributed by atoms with Crippen LogP contribution < -0.4 is 20.7 Å². The van der Waals surface area contributed by atoms with Crippen LogP contribution >= 0.6 is 0 Å². The molecule has 2 amide bonds. The molecule has 16 heteroatoms. The normalized spacial score (nSPS) is 11.6. The molecule has 4 N–H and O–H groups in total.